The van der Waals surface area contributed by atoms with Gasteiger partial charge in [0.2, 0.25) is 0 Å². The van der Waals surface area contributed by atoms with Gasteiger partial charge in [-0.15, -0.1) is 0 Å². The van der Waals surface area contributed by atoms with Crippen LogP contribution in [0.25, 0.3) is 0 Å². The van der Waals surface area contributed by atoms with Crippen LogP contribution in [0.4, 0.5) is 5.69 Å². The van der Waals surface area contributed by atoms with Gasteiger partial charge in [-0.3, -0.25) is 0 Å². The zero-order chi connectivity index (χ0) is 13.8. The van der Waals surface area contributed by atoms with E-state index in [9.17, 15) is 0 Å². The van der Waals surface area contributed by atoms with E-state index in [-0.39, 0.29) is 0 Å². The number of piperidine rings is 1. The van der Waals surface area contributed by atoms with Crippen molar-refractivity contribution in [3.05, 3.63) is 28.2 Å². The minimum Gasteiger partial charge on any atom is -0.389 e. The summed E-state index contributed by atoms with van der Waals surface area (Å²) in [4.78, 5) is 2.98. The molecule has 1 aliphatic heterocycles. The first-order valence-electron chi connectivity index (χ1n) is 7.00. The highest BCUT2D eigenvalue weighted by atomic mass is 79.9. The van der Waals surface area contributed by atoms with Crippen LogP contribution in [0, 0.1) is 0 Å². The number of rotatable bonds is 4. The molecule has 4 heteroatoms. The fourth-order valence-corrected chi connectivity index (χ4v) is 3.86. The van der Waals surface area contributed by atoms with E-state index in [1.807, 2.05) is 6.07 Å². The Morgan fingerprint density at radius 1 is 1.47 bits per heavy atom. The van der Waals surface area contributed by atoms with E-state index in [1.54, 1.807) is 0 Å². The minimum atomic E-state index is 0.475. The Balaban J connectivity index is 2.38. The number of benzene rings is 1. The Hall–Kier alpha value is -0.610. The van der Waals surface area contributed by atoms with Crippen LogP contribution >= 0.6 is 28.1 Å². The maximum Gasteiger partial charge on any atom is 0.107 e. The van der Waals surface area contributed by atoms with Crippen LogP contribution in [-0.2, 0) is 0 Å². The number of halogens is 1. The lowest BCUT2D eigenvalue weighted by atomic mass is 9.96. The predicted molar refractivity (Wildman–Crippen MR) is 89.9 cm³/mol. The van der Waals surface area contributed by atoms with Gasteiger partial charge >= 0.3 is 0 Å². The average Bonchev–Trinajstić information content (AvgIpc) is 2.39. The number of thiocarbonyl (C=S) groups is 1. The molecule has 0 bridgehead atoms. The molecule has 1 unspecified atom stereocenters. The van der Waals surface area contributed by atoms with Crippen LogP contribution in [0.15, 0.2) is 22.7 Å². The van der Waals surface area contributed by atoms with Crippen molar-refractivity contribution in [1.29, 1.82) is 0 Å². The molecule has 19 heavy (non-hydrogen) atoms. The first-order valence-corrected chi connectivity index (χ1v) is 8.20. The van der Waals surface area contributed by atoms with Crippen LogP contribution < -0.4 is 10.6 Å². The second kappa shape index (κ2) is 6.71. The molecule has 0 spiro atoms. The third-order valence-electron chi connectivity index (χ3n) is 3.80. The van der Waals surface area contributed by atoms with Gasteiger partial charge in [-0.1, -0.05) is 31.6 Å². The molecular weight excluding hydrogens is 320 g/mol. The lowest BCUT2D eigenvalue weighted by Crippen LogP contribution is -2.40. The monoisotopic (exact) mass is 340 g/mol. The maximum absolute atomic E-state index is 5.92. The number of nitrogens with zero attached hydrogens (tertiary/aromatic N) is 1. The average molecular weight is 341 g/mol. The van der Waals surface area contributed by atoms with Crippen molar-refractivity contribution in [2.45, 2.75) is 45.1 Å². The Kier molecular flexibility index (Phi) is 5.22. The molecule has 0 radical (unpaired) electrons. The second-order valence-electron chi connectivity index (χ2n) is 5.13. The van der Waals surface area contributed by atoms with E-state index < -0.39 is 0 Å². The molecule has 0 aliphatic carbocycles. The summed E-state index contributed by atoms with van der Waals surface area (Å²) < 4.78 is 0.998. The van der Waals surface area contributed by atoms with Crippen molar-refractivity contribution < 1.29 is 0 Å². The maximum atomic E-state index is 5.92. The van der Waals surface area contributed by atoms with Crippen molar-refractivity contribution in [2.75, 3.05) is 11.4 Å². The Labute approximate surface area is 129 Å². The zero-order valence-electron chi connectivity index (χ0n) is 11.4. The SMILES string of the molecule is CCCC1CCCCN1c1cccc(Br)c1C(N)=S. The summed E-state index contributed by atoms with van der Waals surface area (Å²) in [6, 6.07) is 6.85. The van der Waals surface area contributed by atoms with Crippen LogP contribution in [0.2, 0.25) is 0 Å². The molecule has 1 saturated heterocycles. The summed E-state index contributed by atoms with van der Waals surface area (Å²) in [7, 11) is 0. The molecule has 1 aromatic carbocycles. The lowest BCUT2D eigenvalue weighted by Gasteiger charge is -2.38. The van der Waals surface area contributed by atoms with Crippen molar-refractivity contribution in [2.24, 2.45) is 5.73 Å². The normalized spacial score (nSPS) is 19.5. The third-order valence-corrected chi connectivity index (χ3v) is 4.66. The van der Waals surface area contributed by atoms with Gasteiger partial charge in [-0.05, 0) is 53.7 Å². The standard InChI is InChI=1S/C15H21BrN2S/c1-2-6-11-7-3-4-10-18(11)13-9-5-8-12(16)14(13)15(17)19/h5,8-9,11H,2-4,6-7,10H2,1H3,(H2,17,19). The number of hydrogen-bond acceptors (Lipinski definition) is 2. The quantitative estimate of drug-likeness (QED) is 0.831. The summed E-state index contributed by atoms with van der Waals surface area (Å²) in [5, 5.41) is 0. The molecule has 0 amide bonds. The number of nitrogens with two attached hydrogens (primary N) is 1. The molecule has 0 saturated carbocycles. The summed E-state index contributed by atoms with van der Waals surface area (Å²) in [5.74, 6) is 0. The Bertz CT molecular complexity index is 459. The van der Waals surface area contributed by atoms with E-state index in [0.29, 0.717) is 11.0 Å². The van der Waals surface area contributed by atoms with Crippen molar-refractivity contribution in [1.82, 2.24) is 0 Å². The van der Waals surface area contributed by atoms with E-state index in [0.717, 1.165) is 16.6 Å². The number of hydrogen-bond donors (Lipinski definition) is 1. The highest BCUT2D eigenvalue weighted by Crippen LogP contribution is 2.33. The smallest absolute Gasteiger partial charge is 0.107 e. The third kappa shape index (κ3) is 3.29. The molecule has 1 aromatic rings. The van der Waals surface area contributed by atoms with E-state index >= 15 is 0 Å². The van der Waals surface area contributed by atoms with Gasteiger partial charge in [-0.25, -0.2) is 0 Å². The zero-order valence-corrected chi connectivity index (χ0v) is 13.8. The highest BCUT2D eigenvalue weighted by molar-refractivity contribution is 9.10. The van der Waals surface area contributed by atoms with Gasteiger partial charge in [0.15, 0.2) is 0 Å². The number of anilines is 1. The van der Waals surface area contributed by atoms with Crippen LogP contribution in [-0.4, -0.2) is 17.6 Å². The van der Waals surface area contributed by atoms with Gasteiger partial charge < -0.3 is 10.6 Å². The summed E-state index contributed by atoms with van der Waals surface area (Å²) in [6.07, 6.45) is 6.32. The van der Waals surface area contributed by atoms with Crippen LogP contribution in [0.1, 0.15) is 44.6 Å². The van der Waals surface area contributed by atoms with Gasteiger partial charge in [0, 0.05) is 28.3 Å². The van der Waals surface area contributed by atoms with E-state index in [4.69, 9.17) is 18.0 Å². The van der Waals surface area contributed by atoms with E-state index in [1.165, 1.54) is 37.8 Å². The molecular formula is C15H21BrN2S. The largest absolute Gasteiger partial charge is 0.389 e. The fourth-order valence-electron chi connectivity index (χ4n) is 2.95. The van der Waals surface area contributed by atoms with Crippen LogP contribution in [0.3, 0.4) is 0 Å². The lowest BCUT2D eigenvalue weighted by molar-refractivity contribution is 0.434. The molecule has 2 nitrogen and oxygen atoms in total. The first-order chi connectivity index (χ1) is 9.15. The second-order valence-corrected chi connectivity index (χ2v) is 6.42. The van der Waals surface area contributed by atoms with Gasteiger partial charge in [0.1, 0.15) is 4.99 Å². The highest BCUT2D eigenvalue weighted by Gasteiger charge is 2.25. The van der Waals surface area contributed by atoms with Crippen molar-refractivity contribution in [3.63, 3.8) is 0 Å². The molecule has 104 valence electrons. The molecule has 1 aliphatic rings. The Morgan fingerprint density at radius 3 is 2.95 bits per heavy atom. The molecule has 2 rings (SSSR count). The summed E-state index contributed by atoms with van der Waals surface area (Å²) >= 11 is 8.81. The minimum absolute atomic E-state index is 0.475. The molecule has 1 fully saturated rings. The summed E-state index contributed by atoms with van der Waals surface area (Å²) in [5.41, 5.74) is 8.10. The predicted octanol–water partition coefficient (Wildman–Crippen LogP) is 4.24. The first kappa shape index (κ1) is 14.8. The van der Waals surface area contributed by atoms with E-state index in [2.05, 4.69) is 39.9 Å². The van der Waals surface area contributed by atoms with Crippen LogP contribution in [0.5, 0.6) is 0 Å². The topological polar surface area (TPSA) is 29.3 Å². The molecule has 0 aromatic heterocycles. The van der Waals surface area contributed by atoms with Crippen molar-refractivity contribution >= 4 is 38.8 Å². The molecule has 1 atom stereocenters. The summed E-state index contributed by atoms with van der Waals surface area (Å²) in [6.45, 7) is 3.36. The van der Waals surface area contributed by atoms with Crippen molar-refractivity contribution in [3.8, 4) is 0 Å². The fraction of sp³-hybridized carbons (Fsp3) is 0.533. The van der Waals surface area contributed by atoms with Gasteiger partial charge in [0.05, 0.1) is 0 Å². The Morgan fingerprint density at radius 2 is 2.26 bits per heavy atom. The van der Waals surface area contributed by atoms with Gasteiger partial charge in [0.25, 0.3) is 0 Å². The molecule has 1 heterocycles. The molecule has 2 N–H and O–H groups in total. The van der Waals surface area contributed by atoms with Gasteiger partial charge in [-0.2, -0.15) is 0 Å².